The van der Waals surface area contributed by atoms with Crippen molar-refractivity contribution in [3.05, 3.63) is 90.1 Å². The van der Waals surface area contributed by atoms with Crippen LogP contribution in [-0.4, -0.2) is 14.6 Å². The van der Waals surface area contributed by atoms with Gasteiger partial charge in [-0.05, 0) is 29.8 Å². The molecule has 1 unspecified atom stereocenters. The van der Waals surface area contributed by atoms with Gasteiger partial charge in [-0.1, -0.05) is 58.5 Å². The minimum Gasteiger partial charge on any atom is -0.367 e. The second-order valence-corrected chi connectivity index (χ2v) is 7.57. The van der Waals surface area contributed by atoms with Crippen LogP contribution < -0.4 is 4.84 Å². The summed E-state index contributed by atoms with van der Waals surface area (Å²) in [6.07, 6.45) is 2.32. The fraction of sp³-hybridized carbons (Fsp3) is 0.167. The average Bonchev–Trinajstić information content (AvgIpc) is 3.06. The van der Waals surface area contributed by atoms with E-state index >= 15 is 0 Å². The molecule has 7 nitrogen and oxygen atoms in total. The van der Waals surface area contributed by atoms with Crippen LogP contribution in [0.15, 0.2) is 48.8 Å². The van der Waals surface area contributed by atoms with Gasteiger partial charge < -0.3 is 9.30 Å². The van der Waals surface area contributed by atoms with Crippen LogP contribution in [0.25, 0.3) is 0 Å². The van der Waals surface area contributed by atoms with E-state index in [1.165, 1.54) is 17.0 Å². The molecule has 0 saturated heterocycles. The van der Waals surface area contributed by atoms with Crippen molar-refractivity contribution in [1.82, 2.24) is 9.55 Å². The normalized spacial score (nSPS) is 12.0. The molecule has 3 rings (SSSR count). The molecule has 2 aromatic carbocycles. The molecule has 1 heterocycles. The zero-order valence-electron chi connectivity index (χ0n) is 14.6. The summed E-state index contributed by atoms with van der Waals surface area (Å²) in [5.41, 5.74) is 1.36. The molecule has 0 spiro atoms. The van der Waals surface area contributed by atoms with Crippen LogP contribution in [-0.2, 0) is 17.9 Å². The third-order valence-electron chi connectivity index (χ3n) is 3.96. The van der Waals surface area contributed by atoms with Crippen molar-refractivity contribution in [3.63, 3.8) is 0 Å². The molecule has 0 saturated carbocycles. The minimum atomic E-state index is -0.933. The fourth-order valence-electron chi connectivity index (χ4n) is 2.61. The van der Waals surface area contributed by atoms with E-state index in [-0.39, 0.29) is 19.2 Å². The summed E-state index contributed by atoms with van der Waals surface area (Å²) in [6.45, 7) is 0.301. The highest BCUT2D eigenvalue weighted by Crippen LogP contribution is 2.32. The predicted molar refractivity (Wildman–Crippen MR) is 110 cm³/mol. The van der Waals surface area contributed by atoms with Gasteiger partial charge in [-0.3, -0.25) is 0 Å². The Kier molecular flexibility index (Phi) is 7.21. The summed E-state index contributed by atoms with van der Waals surface area (Å²) >= 11 is 24.5. The SMILES string of the molecule is O=[N+]([O-])Oc1nccn1CC(OCc1ccc(Cl)cc1Cl)c1ccc(Cl)cc1Cl. The van der Waals surface area contributed by atoms with Crippen molar-refractivity contribution in [2.45, 2.75) is 19.3 Å². The van der Waals surface area contributed by atoms with E-state index in [9.17, 15) is 10.1 Å². The first-order chi connectivity index (χ1) is 13.8. The van der Waals surface area contributed by atoms with Gasteiger partial charge in [0.15, 0.2) is 0 Å². The molecule has 0 aliphatic rings. The number of imidazole rings is 1. The smallest absolute Gasteiger partial charge is 0.302 e. The fourth-order valence-corrected chi connectivity index (χ4v) is 3.60. The van der Waals surface area contributed by atoms with E-state index in [1.807, 2.05) is 0 Å². The average molecular weight is 477 g/mol. The highest BCUT2D eigenvalue weighted by molar-refractivity contribution is 6.35. The Labute approximate surface area is 185 Å². The van der Waals surface area contributed by atoms with Crippen LogP contribution in [0.3, 0.4) is 0 Å². The first-order valence-electron chi connectivity index (χ1n) is 8.17. The van der Waals surface area contributed by atoms with Gasteiger partial charge in [-0.25, -0.2) is 9.82 Å². The standard InChI is InChI=1S/C18H13Cl4N3O4/c19-12-2-1-11(15(21)7-12)10-28-17(14-4-3-13(20)8-16(14)22)9-24-6-5-23-18(24)29-25(26)27/h1-8,17H,9-10H2. The number of nitrogens with zero attached hydrogens (tertiary/aromatic N) is 3. The second kappa shape index (κ2) is 9.65. The Balaban J connectivity index is 1.87. The zero-order chi connectivity index (χ0) is 21.0. The number of rotatable bonds is 8. The lowest BCUT2D eigenvalue weighted by atomic mass is 10.1. The van der Waals surface area contributed by atoms with E-state index in [2.05, 4.69) is 9.82 Å². The molecule has 1 atom stereocenters. The molecule has 152 valence electrons. The van der Waals surface area contributed by atoms with Gasteiger partial charge in [0.05, 0.1) is 13.2 Å². The quantitative estimate of drug-likeness (QED) is 0.293. The van der Waals surface area contributed by atoms with Gasteiger partial charge in [0.25, 0.3) is 6.01 Å². The summed E-state index contributed by atoms with van der Waals surface area (Å²) in [5, 5.41) is 11.6. The van der Waals surface area contributed by atoms with E-state index in [0.717, 1.165) is 5.56 Å². The number of aromatic nitrogens is 2. The topological polar surface area (TPSA) is 79.4 Å². The van der Waals surface area contributed by atoms with Crippen molar-refractivity contribution in [3.8, 4) is 6.01 Å². The monoisotopic (exact) mass is 475 g/mol. The first-order valence-corrected chi connectivity index (χ1v) is 9.68. The number of hydrogen-bond donors (Lipinski definition) is 0. The Hall–Kier alpha value is -2.03. The maximum Gasteiger partial charge on any atom is 0.302 e. The third kappa shape index (κ3) is 5.74. The van der Waals surface area contributed by atoms with Crippen molar-refractivity contribution < 1.29 is 14.7 Å². The lowest BCUT2D eigenvalue weighted by Gasteiger charge is -2.21. The summed E-state index contributed by atoms with van der Waals surface area (Å²) in [5.74, 6) is 0. The largest absolute Gasteiger partial charge is 0.367 e. The van der Waals surface area contributed by atoms with Gasteiger partial charge in [0.2, 0.25) is 0 Å². The van der Waals surface area contributed by atoms with Gasteiger partial charge in [0.1, 0.15) is 6.10 Å². The maximum atomic E-state index is 10.7. The zero-order valence-corrected chi connectivity index (χ0v) is 17.6. The molecule has 0 N–H and O–H groups in total. The lowest BCUT2D eigenvalue weighted by Crippen LogP contribution is -2.16. The third-order valence-corrected chi connectivity index (χ3v) is 5.11. The van der Waals surface area contributed by atoms with Gasteiger partial charge in [-0.2, -0.15) is 0 Å². The van der Waals surface area contributed by atoms with Crippen LogP contribution in [0.1, 0.15) is 17.2 Å². The summed E-state index contributed by atoms with van der Waals surface area (Å²) in [6, 6.07) is 9.88. The van der Waals surface area contributed by atoms with E-state index in [4.69, 9.17) is 51.1 Å². The number of ether oxygens (including phenoxy) is 1. The molecule has 0 fully saturated rings. The minimum absolute atomic E-state index is 0.149. The van der Waals surface area contributed by atoms with Crippen LogP contribution in [0, 0.1) is 10.1 Å². The van der Waals surface area contributed by atoms with E-state index in [1.54, 1.807) is 36.4 Å². The van der Waals surface area contributed by atoms with Crippen molar-refractivity contribution in [2.24, 2.45) is 0 Å². The van der Waals surface area contributed by atoms with Crippen LogP contribution in [0.4, 0.5) is 0 Å². The Morgan fingerprint density at radius 2 is 1.76 bits per heavy atom. The highest BCUT2D eigenvalue weighted by Gasteiger charge is 2.20. The number of benzene rings is 2. The van der Waals surface area contributed by atoms with Gasteiger partial charge in [-0.15, -0.1) is 10.1 Å². The molecule has 29 heavy (non-hydrogen) atoms. The molecule has 0 aliphatic carbocycles. The van der Waals surface area contributed by atoms with Gasteiger partial charge in [0, 0.05) is 38.0 Å². The van der Waals surface area contributed by atoms with Gasteiger partial charge >= 0.3 is 5.09 Å². The molecule has 11 heteroatoms. The molecule has 0 amide bonds. The molecule has 3 aromatic rings. The molecule has 0 aliphatic heterocycles. The van der Waals surface area contributed by atoms with Crippen molar-refractivity contribution in [1.29, 1.82) is 0 Å². The Morgan fingerprint density at radius 3 is 2.41 bits per heavy atom. The lowest BCUT2D eigenvalue weighted by molar-refractivity contribution is -0.713. The number of hydrogen-bond acceptors (Lipinski definition) is 5. The molecular formula is C18H13Cl4N3O4. The Bertz CT molecular complexity index is 1030. The Morgan fingerprint density at radius 1 is 1.07 bits per heavy atom. The highest BCUT2D eigenvalue weighted by atomic mass is 35.5. The first kappa shape index (κ1) is 21.7. The maximum absolute atomic E-state index is 10.7. The van der Waals surface area contributed by atoms with Crippen molar-refractivity contribution in [2.75, 3.05) is 0 Å². The molecular weight excluding hydrogens is 464 g/mol. The summed E-state index contributed by atoms with van der Waals surface area (Å²) in [7, 11) is 0. The summed E-state index contributed by atoms with van der Waals surface area (Å²) in [4.78, 5) is 19.0. The summed E-state index contributed by atoms with van der Waals surface area (Å²) < 4.78 is 7.51. The predicted octanol–water partition coefficient (Wildman–Crippen LogP) is 6.03. The molecule has 0 bridgehead atoms. The van der Waals surface area contributed by atoms with Crippen molar-refractivity contribution >= 4 is 46.4 Å². The van der Waals surface area contributed by atoms with Crippen LogP contribution in [0.2, 0.25) is 20.1 Å². The van der Waals surface area contributed by atoms with Crippen LogP contribution in [0.5, 0.6) is 6.01 Å². The van der Waals surface area contributed by atoms with E-state index in [0.29, 0.717) is 25.7 Å². The molecule has 0 radical (unpaired) electrons. The van der Waals surface area contributed by atoms with Crippen LogP contribution >= 0.6 is 46.4 Å². The van der Waals surface area contributed by atoms with E-state index < -0.39 is 11.2 Å². The molecule has 1 aromatic heterocycles. The number of halogens is 4. The second-order valence-electron chi connectivity index (χ2n) is 5.88.